The lowest BCUT2D eigenvalue weighted by Crippen LogP contribution is -2.43. The highest BCUT2D eigenvalue weighted by molar-refractivity contribution is 5.47. The van der Waals surface area contributed by atoms with Crippen LogP contribution in [0.4, 0.5) is 5.82 Å². The molecule has 0 N–H and O–H groups in total. The Hall–Kier alpha value is -1.56. The van der Waals surface area contributed by atoms with Crippen LogP contribution < -0.4 is 4.90 Å². The summed E-state index contributed by atoms with van der Waals surface area (Å²) in [5.41, 5.74) is 1.63. The summed E-state index contributed by atoms with van der Waals surface area (Å²) < 4.78 is 0. The first-order chi connectivity index (χ1) is 8.11. The molecule has 0 bridgehead atoms. The van der Waals surface area contributed by atoms with Gasteiger partial charge in [-0.1, -0.05) is 6.92 Å². The van der Waals surface area contributed by atoms with Crippen LogP contribution in [0, 0.1) is 24.2 Å². The first kappa shape index (κ1) is 11.9. The second kappa shape index (κ2) is 4.75. The summed E-state index contributed by atoms with van der Waals surface area (Å²) >= 11 is 0. The fraction of sp³-hybridized carbons (Fsp3) is 0.571. The Kier molecular flexibility index (Phi) is 3.33. The Balaban J connectivity index is 2.33. The van der Waals surface area contributed by atoms with E-state index < -0.39 is 0 Å². The van der Waals surface area contributed by atoms with Crippen LogP contribution in [0.2, 0.25) is 0 Å². The highest BCUT2D eigenvalue weighted by Crippen LogP contribution is 2.27. The van der Waals surface area contributed by atoms with E-state index in [1.165, 1.54) is 12.8 Å². The quantitative estimate of drug-likeness (QED) is 0.743. The number of hydrogen-bond donors (Lipinski definition) is 0. The van der Waals surface area contributed by atoms with Crippen LogP contribution in [-0.2, 0) is 0 Å². The largest absolute Gasteiger partial charge is 0.354 e. The molecule has 0 aliphatic carbocycles. The summed E-state index contributed by atoms with van der Waals surface area (Å²) in [6, 6.07) is 6.45. The molecule has 3 heteroatoms. The zero-order valence-corrected chi connectivity index (χ0v) is 10.8. The molecule has 3 nitrogen and oxygen atoms in total. The Morgan fingerprint density at radius 3 is 2.88 bits per heavy atom. The highest BCUT2D eigenvalue weighted by atomic mass is 15.2. The van der Waals surface area contributed by atoms with Crippen LogP contribution in [-0.4, -0.2) is 17.6 Å². The van der Waals surface area contributed by atoms with Gasteiger partial charge in [-0.3, -0.25) is 0 Å². The molecule has 2 unspecified atom stereocenters. The van der Waals surface area contributed by atoms with Crippen molar-refractivity contribution in [1.29, 1.82) is 5.26 Å². The maximum absolute atomic E-state index is 9.01. The minimum Gasteiger partial charge on any atom is -0.354 e. The van der Waals surface area contributed by atoms with Crippen molar-refractivity contribution < 1.29 is 0 Å². The van der Waals surface area contributed by atoms with Crippen LogP contribution in [0.3, 0.4) is 0 Å². The molecule has 1 fully saturated rings. The summed E-state index contributed by atoms with van der Waals surface area (Å²) in [5, 5.41) is 9.01. The van der Waals surface area contributed by atoms with E-state index in [0.29, 0.717) is 17.5 Å². The molecule has 1 saturated heterocycles. The topological polar surface area (TPSA) is 39.9 Å². The number of nitriles is 1. The second-order valence-corrected chi connectivity index (χ2v) is 5.02. The molecule has 2 atom stereocenters. The van der Waals surface area contributed by atoms with Crippen LogP contribution >= 0.6 is 0 Å². The van der Waals surface area contributed by atoms with E-state index in [1.807, 2.05) is 19.1 Å². The number of aryl methyl sites for hydroxylation is 1. The maximum Gasteiger partial charge on any atom is 0.130 e. The van der Waals surface area contributed by atoms with Crippen molar-refractivity contribution in [2.24, 2.45) is 5.92 Å². The Morgan fingerprint density at radius 1 is 1.41 bits per heavy atom. The highest BCUT2D eigenvalue weighted by Gasteiger charge is 2.25. The van der Waals surface area contributed by atoms with Gasteiger partial charge in [0, 0.05) is 18.3 Å². The molecule has 2 rings (SSSR count). The molecule has 0 spiro atoms. The van der Waals surface area contributed by atoms with Crippen LogP contribution in [0.25, 0.3) is 0 Å². The molecule has 90 valence electrons. The van der Waals surface area contributed by atoms with Crippen molar-refractivity contribution in [1.82, 2.24) is 4.98 Å². The second-order valence-electron chi connectivity index (χ2n) is 5.02. The molecule has 0 amide bonds. The van der Waals surface area contributed by atoms with Crippen molar-refractivity contribution in [3.63, 3.8) is 0 Å². The predicted octanol–water partition coefficient (Wildman–Crippen LogP) is 2.89. The molecule has 1 aromatic rings. The third kappa shape index (κ3) is 2.41. The third-order valence-corrected chi connectivity index (χ3v) is 3.74. The van der Waals surface area contributed by atoms with E-state index in [4.69, 9.17) is 5.26 Å². The number of aromatic nitrogens is 1. The first-order valence-electron chi connectivity index (χ1n) is 6.27. The smallest absolute Gasteiger partial charge is 0.130 e. The number of hydrogen-bond acceptors (Lipinski definition) is 3. The fourth-order valence-electron chi connectivity index (χ4n) is 2.52. The lowest BCUT2D eigenvalue weighted by molar-refractivity contribution is 0.361. The van der Waals surface area contributed by atoms with Gasteiger partial charge >= 0.3 is 0 Å². The summed E-state index contributed by atoms with van der Waals surface area (Å²) in [6.07, 6.45) is 2.50. The lowest BCUT2D eigenvalue weighted by atomic mass is 9.92. The number of anilines is 1. The third-order valence-electron chi connectivity index (χ3n) is 3.74. The minimum atomic E-state index is 0.504. The van der Waals surface area contributed by atoms with E-state index in [0.717, 1.165) is 18.1 Å². The van der Waals surface area contributed by atoms with Gasteiger partial charge in [-0.15, -0.1) is 0 Å². The van der Waals surface area contributed by atoms with Gasteiger partial charge in [0.25, 0.3) is 0 Å². The van der Waals surface area contributed by atoms with E-state index >= 15 is 0 Å². The lowest BCUT2D eigenvalue weighted by Gasteiger charge is -2.39. The van der Waals surface area contributed by atoms with Gasteiger partial charge in [-0.2, -0.15) is 5.26 Å². The predicted molar refractivity (Wildman–Crippen MR) is 68.9 cm³/mol. The molecular formula is C14H19N3. The van der Waals surface area contributed by atoms with Gasteiger partial charge in [0.15, 0.2) is 0 Å². The van der Waals surface area contributed by atoms with Gasteiger partial charge in [0.05, 0.1) is 11.6 Å². The number of piperidine rings is 1. The zero-order chi connectivity index (χ0) is 12.4. The van der Waals surface area contributed by atoms with Gasteiger partial charge < -0.3 is 4.90 Å². The van der Waals surface area contributed by atoms with Gasteiger partial charge in [-0.05, 0) is 44.7 Å². The molecular weight excluding hydrogens is 210 g/mol. The van der Waals surface area contributed by atoms with Crippen LogP contribution in [0.5, 0.6) is 0 Å². The zero-order valence-electron chi connectivity index (χ0n) is 10.8. The molecule has 1 aromatic heterocycles. The molecule has 17 heavy (non-hydrogen) atoms. The minimum absolute atomic E-state index is 0.504. The molecule has 2 heterocycles. The normalized spacial score (nSPS) is 24.5. The average Bonchev–Trinajstić information content (AvgIpc) is 2.31. The van der Waals surface area contributed by atoms with Crippen molar-refractivity contribution in [2.75, 3.05) is 11.4 Å². The Morgan fingerprint density at radius 2 is 2.18 bits per heavy atom. The van der Waals surface area contributed by atoms with E-state index in [1.54, 1.807) is 0 Å². The van der Waals surface area contributed by atoms with Gasteiger partial charge in [-0.25, -0.2) is 4.98 Å². The Bertz CT molecular complexity index is 447. The SMILES string of the molecule is Cc1cc(C#N)cc(N2CCCC(C)C2C)n1. The molecule has 0 radical (unpaired) electrons. The monoisotopic (exact) mass is 229 g/mol. The van der Waals surface area contributed by atoms with Crippen LogP contribution in [0.15, 0.2) is 12.1 Å². The van der Waals surface area contributed by atoms with Crippen molar-refractivity contribution in [3.8, 4) is 6.07 Å². The summed E-state index contributed by atoms with van der Waals surface area (Å²) in [6.45, 7) is 7.53. The van der Waals surface area contributed by atoms with E-state index in [9.17, 15) is 0 Å². The summed E-state index contributed by atoms with van der Waals surface area (Å²) in [4.78, 5) is 6.90. The maximum atomic E-state index is 9.01. The first-order valence-corrected chi connectivity index (χ1v) is 6.27. The summed E-state index contributed by atoms with van der Waals surface area (Å²) in [7, 11) is 0. The van der Waals surface area contributed by atoms with E-state index in [-0.39, 0.29) is 0 Å². The number of rotatable bonds is 1. The van der Waals surface area contributed by atoms with Crippen LogP contribution in [0.1, 0.15) is 37.9 Å². The van der Waals surface area contributed by atoms with E-state index in [2.05, 4.69) is 29.8 Å². The van der Waals surface area contributed by atoms with Crippen molar-refractivity contribution >= 4 is 5.82 Å². The number of nitrogens with zero attached hydrogens (tertiary/aromatic N) is 3. The molecule has 0 saturated carbocycles. The molecule has 1 aliphatic heterocycles. The fourth-order valence-corrected chi connectivity index (χ4v) is 2.52. The molecule has 1 aliphatic rings. The van der Waals surface area contributed by atoms with Gasteiger partial charge in [0.2, 0.25) is 0 Å². The number of pyridine rings is 1. The molecule has 0 aromatic carbocycles. The van der Waals surface area contributed by atoms with Crippen molar-refractivity contribution in [2.45, 2.75) is 39.7 Å². The van der Waals surface area contributed by atoms with Crippen molar-refractivity contribution in [3.05, 3.63) is 23.4 Å². The standard InChI is InChI=1S/C14H19N3/c1-10-5-4-6-17(12(10)3)14-8-13(9-15)7-11(2)16-14/h7-8,10,12H,4-6H2,1-3H3. The Labute approximate surface area is 103 Å². The average molecular weight is 229 g/mol. The van der Waals surface area contributed by atoms with Gasteiger partial charge in [0.1, 0.15) is 5.82 Å². The summed E-state index contributed by atoms with van der Waals surface area (Å²) in [5.74, 6) is 1.65.